The van der Waals surface area contributed by atoms with E-state index in [0.717, 1.165) is 108 Å². The van der Waals surface area contributed by atoms with Gasteiger partial charge in [0, 0.05) is 137 Å². The minimum Gasteiger partial charge on any atom is -0.497 e. The molecule has 0 saturated carbocycles. The second kappa shape index (κ2) is 35.7. The zero-order valence-corrected chi connectivity index (χ0v) is 66.2. The lowest BCUT2D eigenvalue weighted by atomic mass is 10.0. The van der Waals surface area contributed by atoms with Crippen molar-refractivity contribution < 1.29 is 14.6 Å². The van der Waals surface area contributed by atoms with Crippen molar-refractivity contribution in [2.45, 2.75) is 0 Å². The highest BCUT2D eigenvalue weighted by Crippen LogP contribution is 2.44. The Balaban J connectivity index is 0.000000133. The number of ether oxygens (including phenoxy) is 1. The van der Waals surface area contributed by atoms with Crippen LogP contribution in [0.15, 0.2) is 437 Å². The molecular weight excluding hydrogens is 1470 g/mol. The lowest BCUT2D eigenvalue weighted by Crippen LogP contribution is -2.12. The summed E-state index contributed by atoms with van der Waals surface area (Å²) in [5.74, 6) is 0.844. The molecule has 0 heterocycles. The zero-order valence-electron chi connectivity index (χ0n) is 66.2. The molecule has 13 nitrogen and oxygen atoms in total. The second-order valence-electron chi connectivity index (χ2n) is 28.8. The second-order valence-corrected chi connectivity index (χ2v) is 28.8. The Kier molecular flexibility index (Phi) is 23.1. The predicted octanol–water partition coefficient (Wildman–Crippen LogP) is 29.1. The summed E-state index contributed by atoms with van der Waals surface area (Å²) in [4.78, 5) is 34.6. The molecule has 0 spiro atoms. The number of anilines is 15. The molecule has 578 valence electrons. The minimum absolute atomic E-state index is 0.0711. The fourth-order valence-electron chi connectivity index (χ4n) is 15.0. The van der Waals surface area contributed by atoms with Crippen LogP contribution in [0.3, 0.4) is 0 Å². The Labute approximate surface area is 693 Å². The van der Waals surface area contributed by atoms with Gasteiger partial charge in [-0.25, -0.2) is 0 Å². The van der Waals surface area contributed by atoms with Gasteiger partial charge >= 0.3 is 0 Å². The Hall–Kier alpha value is -15.9. The summed E-state index contributed by atoms with van der Waals surface area (Å²) < 4.78 is 5.43. The van der Waals surface area contributed by atoms with Crippen LogP contribution in [0.1, 0.15) is 0 Å². The van der Waals surface area contributed by atoms with E-state index in [2.05, 4.69) is 372 Å². The standard InChI is InChI=1S/C36H30N2O.2C35H27N3O2/c1-37(33-15-9-17-36(26-33)39-2)31-20-22-32(23-21-31)38(35-19-18-28-12-6-7-13-29(28)25-35)34-16-8-14-30(24-34)27-10-4-3-5-11-27;1-36(32-14-8-16-35(25-32)38(39)40)30-19-21-31(22-20-30)37(34-18-17-27-11-5-6-12-28(27)24-34)33-15-7-13-29(23-33)26-9-3-2-4-10-26;1-36(31-18-22-33(23-19-31)38(39)40)30-16-20-32(21-17-30)37(35-15-14-27-10-5-6-11-28(27)25-35)34-13-7-12-29(24-34)26-8-3-2-4-9-26/h3-26H,1-2H3;2*2-25H,1H3. The van der Waals surface area contributed by atoms with Gasteiger partial charge in [-0.05, 0) is 242 Å². The van der Waals surface area contributed by atoms with Crippen LogP contribution < -0.4 is 34.1 Å². The molecule has 0 aliphatic carbocycles. The van der Waals surface area contributed by atoms with Gasteiger partial charge in [0.1, 0.15) is 5.75 Å². The Morgan fingerprint density at radius 3 is 0.790 bits per heavy atom. The molecule has 0 radical (unpaired) electrons. The van der Waals surface area contributed by atoms with Gasteiger partial charge in [-0.15, -0.1) is 0 Å². The molecule has 0 aliphatic rings. The number of fused-ring (bicyclic) bond motifs is 3. The molecule has 0 amide bonds. The van der Waals surface area contributed by atoms with E-state index in [0.29, 0.717) is 0 Å². The van der Waals surface area contributed by atoms with Crippen molar-refractivity contribution >= 4 is 129 Å². The first-order valence-corrected chi connectivity index (χ1v) is 39.3. The molecule has 0 aliphatic heterocycles. The molecule has 0 aromatic heterocycles. The molecule has 0 fully saturated rings. The molecule has 0 N–H and O–H groups in total. The zero-order chi connectivity index (χ0) is 81.6. The first-order valence-electron chi connectivity index (χ1n) is 39.3. The van der Waals surface area contributed by atoms with E-state index in [1.807, 2.05) is 72.4 Å². The topological polar surface area (TPSA) is 115 Å². The third kappa shape index (κ3) is 17.8. The summed E-state index contributed by atoms with van der Waals surface area (Å²) in [6, 6.07) is 149. The lowest BCUT2D eigenvalue weighted by Gasteiger charge is -2.27. The normalized spacial score (nSPS) is 10.8. The number of nitrogens with zero attached hydrogens (tertiary/aromatic N) is 8. The van der Waals surface area contributed by atoms with Crippen LogP contribution >= 0.6 is 0 Å². The van der Waals surface area contributed by atoms with E-state index in [4.69, 9.17) is 4.74 Å². The third-order valence-electron chi connectivity index (χ3n) is 21.4. The molecule has 0 bridgehead atoms. The number of nitro benzene ring substituents is 2. The van der Waals surface area contributed by atoms with Crippen LogP contribution in [0.4, 0.5) is 96.7 Å². The van der Waals surface area contributed by atoms with Crippen molar-refractivity contribution in [1.29, 1.82) is 0 Å². The Morgan fingerprint density at radius 2 is 0.454 bits per heavy atom. The predicted molar refractivity (Wildman–Crippen MR) is 496 cm³/mol. The van der Waals surface area contributed by atoms with Gasteiger partial charge in [0.05, 0.1) is 17.0 Å². The summed E-state index contributed by atoms with van der Waals surface area (Å²) >= 11 is 0. The van der Waals surface area contributed by atoms with Crippen LogP contribution in [0.25, 0.3) is 65.7 Å². The van der Waals surface area contributed by atoms with Crippen molar-refractivity contribution in [1.82, 2.24) is 0 Å². The van der Waals surface area contributed by atoms with Crippen molar-refractivity contribution in [2.24, 2.45) is 0 Å². The molecule has 18 rings (SSSR count). The number of benzene rings is 18. The molecule has 0 unspecified atom stereocenters. The first-order chi connectivity index (χ1) is 58.3. The maximum absolute atomic E-state index is 11.3. The Bertz CT molecular complexity index is 6560. The van der Waals surface area contributed by atoms with Crippen molar-refractivity contribution in [2.75, 3.05) is 57.7 Å². The maximum Gasteiger partial charge on any atom is 0.271 e. The van der Waals surface area contributed by atoms with E-state index in [9.17, 15) is 20.2 Å². The van der Waals surface area contributed by atoms with Crippen molar-refractivity contribution in [3.05, 3.63) is 457 Å². The molecule has 13 heteroatoms. The van der Waals surface area contributed by atoms with Gasteiger partial charge in [0.15, 0.2) is 0 Å². The molecule has 119 heavy (non-hydrogen) atoms. The largest absolute Gasteiger partial charge is 0.497 e. The number of nitro groups is 2. The summed E-state index contributed by atoms with van der Waals surface area (Å²) in [6.07, 6.45) is 0. The van der Waals surface area contributed by atoms with Gasteiger partial charge in [-0.2, -0.15) is 0 Å². The van der Waals surface area contributed by atoms with Crippen LogP contribution in [0, 0.1) is 20.2 Å². The van der Waals surface area contributed by atoms with Crippen molar-refractivity contribution in [3.63, 3.8) is 0 Å². The molecule has 18 aromatic carbocycles. The van der Waals surface area contributed by atoms with Crippen LogP contribution in [0.2, 0.25) is 0 Å². The number of rotatable bonds is 21. The molecule has 18 aromatic rings. The third-order valence-corrected chi connectivity index (χ3v) is 21.4. The van der Waals surface area contributed by atoms with Gasteiger partial charge in [0.2, 0.25) is 0 Å². The quantitative estimate of drug-likeness (QED) is 0.0506. The first kappa shape index (κ1) is 77.1. The highest BCUT2D eigenvalue weighted by Gasteiger charge is 2.21. The summed E-state index contributed by atoms with van der Waals surface area (Å²) in [5.41, 5.74) is 22.5. The summed E-state index contributed by atoms with van der Waals surface area (Å²) in [6.45, 7) is 0. The van der Waals surface area contributed by atoms with E-state index in [1.165, 1.54) is 67.2 Å². The van der Waals surface area contributed by atoms with Gasteiger partial charge in [-0.1, -0.05) is 231 Å². The van der Waals surface area contributed by atoms with Gasteiger partial charge in [-0.3, -0.25) is 20.2 Å². The molecule has 0 atom stereocenters. The number of hydrogen-bond donors (Lipinski definition) is 0. The minimum atomic E-state index is -0.382. The fourth-order valence-corrected chi connectivity index (χ4v) is 15.0. The van der Waals surface area contributed by atoms with E-state index < -0.39 is 0 Å². The lowest BCUT2D eigenvalue weighted by molar-refractivity contribution is -0.385. The monoisotopic (exact) mass is 1550 g/mol. The SMILES string of the molecule is CN(c1ccc(N(c2cccc(-c3ccccc3)c2)c2ccc3ccccc3c2)cc1)c1ccc([N+](=O)[O-])cc1.CN(c1ccc(N(c2cccc(-c3ccccc3)c2)c2ccc3ccccc3c2)cc1)c1cccc([N+](=O)[O-])c1.COc1cccc(N(C)c2ccc(N(c3cccc(-c4ccccc4)c3)c3ccc4ccccc4c3)cc2)c1. The highest BCUT2D eigenvalue weighted by atomic mass is 16.6. The fraction of sp³-hybridized carbons (Fsp3) is 0.0377. The van der Waals surface area contributed by atoms with Crippen LogP contribution in [-0.4, -0.2) is 38.1 Å². The highest BCUT2D eigenvalue weighted by molar-refractivity contribution is 5.94. The van der Waals surface area contributed by atoms with E-state index in [1.54, 1.807) is 31.4 Å². The van der Waals surface area contributed by atoms with Gasteiger partial charge < -0.3 is 34.1 Å². The molecule has 0 saturated heterocycles. The average Bonchev–Trinajstić information content (AvgIpc) is 0.791. The van der Waals surface area contributed by atoms with E-state index in [-0.39, 0.29) is 21.2 Å². The van der Waals surface area contributed by atoms with Crippen LogP contribution in [-0.2, 0) is 0 Å². The number of hydrogen-bond acceptors (Lipinski definition) is 11. The number of non-ortho nitro benzene ring substituents is 2. The number of methoxy groups -OCH3 is 1. The smallest absolute Gasteiger partial charge is 0.271 e. The van der Waals surface area contributed by atoms with E-state index >= 15 is 0 Å². The Morgan fingerprint density at radius 1 is 0.202 bits per heavy atom. The van der Waals surface area contributed by atoms with Gasteiger partial charge in [0.25, 0.3) is 11.4 Å². The summed E-state index contributed by atoms with van der Waals surface area (Å²) in [7, 11) is 7.65. The molecular formula is C106H84N8O5. The van der Waals surface area contributed by atoms with Crippen LogP contribution in [0.5, 0.6) is 5.75 Å². The maximum atomic E-state index is 11.3. The summed E-state index contributed by atoms with van der Waals surface area (Å²) in [5, 5.41) is 29.5. The average molecular weight is 1550 g/mol. The van der Waals surface area contributed by atoms with Crippen molar-refractivity contribution in [3.8, 4) is 39.1 Å².